The molecular formula is C12H20N4O2S. The molecular weight excluding hydrogens is 264 g/mol. The van der Waals surface area contributed by atoms with Gasteiger partial charge in [0.05, 0.1) is 5.69 Å². The molecule has 0 aromatic heterocycles. The van der Waals surface area contributed by atoms with Crippen LogP contribution < -0.4 is 15.4 Å². The molecule has 0 spiro atoms. The number of nitrogen functional groups attached to an aromatic ring is 1. The molecule has 7 heteroatoms. The van der Waals surface area contributed by atoms with Crippen molar-refractivity contribution in [1.29, 1.82) is 0 Å². The molecule has 19 heavy (non-hydrogen) atoms. The van der Waals surface area contributed by atoms with Gasteiger partial charge in [-0.15, -0.1) is 0 Å². The lowest BCUT2D eigenvalue weighted by molar-refractivity contribution is 0.313. The third-order valence-electron chi connectivity index (χ3n) is 3.42. The van der Waals surface area contributed by atoms with E-state index in [1.165, 1.54) is 7.05 Å². The molecule has 1 aliphatic heterocycles. The van der Waals surface area contributed by atoms with Crippen molar-refractivity contribution in [2.75, 3.05) is 50.9 Å². The fraction of sp³-hybridized carbons (Fsp3) is 0.500. The zero-order valence-corrected chi connectivity index (χ0v) is 12.1. The lowest BCUT2D eigenvalue weighted by Gasteiger charge is -2.34. The summed E-state index contributed by atoms with van der Waals surface area (Å²) >= 11 is 0. The lowest BCUT2D eigenvalue weighted by Crippen LogP contribution is -2.44. The van der Waals surface area contributed by atoms with E-state index in [1.807, 2.05) is 6.07 Å². The number of benzene rings is 1. The van der Waals surface area contributed by atoms with E-state index >= 15 is 0 Å². The second-order valence-corrected chi connectivity index (χ2v) is 6.57. The van der Waals surface area contributed by atoms with E-state index in [4.69, 9.17) is 5.73 Å². The van der Waals surface area contributed by atoms with E-state index in [-0.39, 0.29) is 10.6 Å². The maximum atomic E-state index is 11.7. The van der Waals surface area contributed by atoms with E-state index in [1.54, 1.807) is 12.1 Å². The van der Waals surface area contributed by atoms with E-state index < -0.39 is 10.0 Å². The van der Waals surface area contributed by atoms with Gasteiger partial charge < -0.3 is 15.5 Å². The molecule has 0 aliphatic carbocycles. The average Bonchev–Trinajstić information content (AvgIpc) is 2.39. The normalized spacial score (nSPS) is 17.7. The van der Waals surface area contributed by atoms with E-state index in [2.05, 4.69) is 21.6 Å². The molecule has 6 nitrogen and oxygen atoms in total. The number of nitrogens with zero attached hydrogens (tertiary/aromatic N) is 2. The Kier molecular flexibility index (Phi) is 3.98. The molecule has 3 N–H and O–H groups in total. The lowest BCUT2D eigenvalue weighted by atomic mass is 10.2. The first-order valence-electron chi connectivity index (χ1n) is 6.20. The molecule has 1 fully saturated rings. The standard InChI is InChI=1S/C12H20N4O2S/c1-14-19(17,18)12-4-3-10(9-11(12)13)16-7-5-15(2)6-8-16/h3-4,9,14H,5-8,13H2,1-2H3. The summed E-state index contributed by atoms with van der Waals surface area (Å²) in [6, 6.07) is 5.11. The first-order valence-corrected chi connectivity index (χ1v) is 7.69. The number of nitrogens with two attached hydrogens (primary N) is 1. The first kappa shape index (κ1) is 14.1. The Bertz CT molecular complexity index is 551. The quantitative estimate of drug-likeness (QED) is 0.760. The number of hydrogen-bond acceptors (Lipinski definition) is 5. The minimum Gasteiger partial charge on any atom is -0.398 e. The molecule has 0 amide bonds. The zero-order valence-electron chi connectivity index (χ0n) is 11.3. The highest BCUT2D eigenvalue weighted by Gasteiger charge is 2.18. The van der Waals surface area contributed by atoms with Gasteiger partial charge >= 0.3 is 0 Å². The van der Waals surface area contributed by atoms with Crippen LogP contribution in [0.2, 0.25) is 0 Å². The van der Waals surface area contributed by atoms with Crippen molar-refractivity contribution in [2.24, 2.45) is 0 Å². The van der Waals surface area contributed by atoms with Crippen LogP contribution in [0, 0.1) is 0 Å². The second-order valence-electron chi connectivity index (χ2n) is 4.72. The topological polar surface area (TPSA) is 78.7 Å². The van der Waals surface area contributed by atoms with Gasteiger partial charge in [-0.25, -0.2) is 13.1 Å². The van der Waals surface area contributed by atoms with Crippen LogP contribution in [-0.2, 0) is 10.0 Å². The van der Waals surface area contributed by atoms with E-state index in [0.717, 1.165) is 31.9 Å². The van der Waals surface area contributed by atoms with Crippen LogP contribution in [0.4, 0.5) is 11.4 Å². The van der Waals surface area contributed by atoms with Gasteiger partial charge in [-0.05, 0) is 32.3 Å². The van der Waals surface area contributed by atoms with Gasteiger partial charge in [0, 0.05) is 31.9 Å². The largest absolute Gasteiger partial charge is 0.398 e. The average molecular weight is 284 g/mol. The molecule has 1 heterocycles. The summed E-state index contributed by atoms with van der Waals surface area (Å²) in [6.45, 7) is 3.84. The number of nitrogens with one attached hydrogen (secondary N) is 1. The fourth-order valence-corrected chi connectivity index (χ4v) is 2.99. The van der Waals surface area contributed by atoms with Crippen LogP contribution >= 0.6 is 0 Å². The number of sulfonamides is 1. The fourth-order valence-electron chi connectivity index (χ4n) is 2.15. The van der Waals surface area contributed by atoms with Crippen LogP contribution in [-0.4, -0.2) is 53.6 Å². The zero-order chi connectivity index (χ0) is 14.0. The van der Waals surface area contributed by atoms with Crippen molar-refractivity contribution < 1.29 is 8.42 Å². The summed E-state index contributed by atoms with van der Waals surface area (Å²) in [7, 11) is -0.0172. The van der Waals surface area contributed by atoms with Crippen molar-refractivity contribution in [1.82, 2.24) is 9.62 Å². The molecule has 0 atom stereocenters. The molecule has 1 aliphatic rings. The van der Waals surface area contributed by atoms with Gasteiger partial charge in [-0.2, -0.15) is 0 Å². The maximum Gasteiger partial charge on any atom is 0.242 e. The Balaban J connectivity index is 2.24. The molecule has 1 aromatic rings. The third kappa shape index (κ3) is 2.99. The smallest absolute Gasteiger partial charge is 0.242 e. The van der Waals surface area contributed by atoms with Crippen molar-refractivity contribution in [3.05, 3.63) is 18.2 Å². The maximum absolute atomic E-state index is 11.7. The second kappa shape index (κ2) is 5.36. The van der Waals surface area contributed by atoms with Crippen molar-refractivity contribution in [3.63, 3.8) is 0 Å². The monoisotopic (exact) mass is 284 g/mol. The highest BCUT2D eigenvalue weighted by atomic mass is 32.2. The summed E-state index contributed by atoms with van der Waals surface area (Å²) in [5.74, 6) is 0. The van der Waals surface area contributed by atoms with Crippen molar-refractivity contribution in [3.8, 4) is 0 Å². The summed E-state index contributed by atoms with van der Waals surface area (Å²) in [5.41, 5.74) is 7.12. The Morgan fingerprint density at radius 2 is 1.84 bits per heavy atom. The Morgan fingerprint density at radius 1 is 1.21 bits per heavy atom. The summed E-state index contributed by atoms with van der Waals surface area (Å²) in [5, 5.41) is 0. The number of hydrogen-bond donors (Lipinski definition) is 2. The number of rotatable bonds is 3. The van der Waals surface area contributed by atoms with E-state index in [9.17, 15) is 8.42 Å². The van der Waals surface area contributed by atoms with Crippen LogP contribution in [0.3, 0.4) is 0 Å². The Labute approximate surface area is 114 Å². The molecule has 0 saturated carbocycles. The highest BCUT2D eigenvalue weighted by molar-refractivity contribution is 7.89. The SMILES string of the molecule is CNS(=O)(=O)c1ccc(N2CCN(C)CC2)cc1N. The summed E-state index contributed by atoms with van der Waals surface area (Å²) in [6.07, 6.45) is 0. The van der Waals surface area contributed by atoms with Gasteiger partial charge in [0.2, 0.25) is 10.0 Å². The van der Waals surface area contributed by atoms with Gasteiger partial charge in [0.1, 0.15) is 4.90 Å². The van der Waals surface area contributed by atoms with Gasteiger partial charge in [0.15, 0.2) is 0 Å². The predicted octanol–water partition coefficient (Wildman–Crippen LogP) is -0.0713. The summed E-state index contributed by atoms with van der Waals surface area (Å²) in [4.78, 5) is 4.61. The van der Waals surface area contributed by atoms with Gasteiger partial charge in [-0.1, -0.05) is 0 Å². The van der Waals surface area contributed by atoms with Crippen LogP contribution in [0.1, 0.15) is 0 Å². The number of likely N-dealkylation sites (N-methyl/N-ethyl adjacent to an activating group) is 1. The van der Waals surface area contributed by atoms with Crippen LogP contribution in [0.15, 0.2) is 23.1 Å². The predicted molar refractivity (Wildman–Crippen MR) is 76.8 cm³/mol. The molecule has 0 radical (unpaired) electrons. The molecule has 1 saturated heterocycles. The van der Waals surface area contributed by atoms with Crippen LogP contribution in [0.5, 0.6) is 0 Å². The molecule has 106 valence electrons. The Hall–Kier alpha value is -1.31. The summed E-state index contributed by atoms with van der Waals surface area (Å²) < 4.78 is 25.8. The van der Waals surface area contributed by atoms with Gasteiger partial charge in [-0.3, -0.25) is 0 Å². The third-order valence-corrected chi connectivity index (χ3v) is 4.91. The first-order chi connectivity index (χ1) is 8.94. The minimum absolute atomic E-state index is 0.132. The molecule has 0 bridgehead atoms. The molecule has 0 unspecified atom stereocenters. The van der Waals surface area contributed by atoms with Crippen molar-refractivity contribution in [2.45, 2.75) is 4.90 Å². The van der Waals surface area contributed by atoms with E-state index in [0.29, 0.717) is 0 Å². The highest BCUT2D eigenvalue weighted by Crippen LogP contribution is 2.25. The minimum atomic E-state index is -3.49. The van der Waals surface area contributed by atoms with Gasteiger partial charge in [0.25, 0.3) is 0 Å². The van der Waals surface area contributed by atoms with Crippen molar-refractivity contribution >= 4 is 21.4 Å². The Morgan fingerprint density at radius 3 is 2.37 bits per heavy atom. The number of anilines is 2. The van der Waals surface area contributed by atoms with Crippen LogP contribution in [0.25, 0.3) is 0 Å². The molecule has 2 rings (SSSR count). The number of piperazine rings is 1. The molecule has 1 aromatic carbocycles.